The quantitative estimate of drug-likeness (QED) is 0.768. The fourth-order valence-corrected chi connectivity index (χ4v) is 3.29. The number of carbonyl (C=O) groups excluding carboxylic acids is 1. The maximum Gasteiger partial charge on any atom is 0.490 e. The SMILES string of the molecule is CC(C)CCC(=O)N1CC2(CC(Oc3ccccn3)CCO2)C1.O=C(O)C(F)(F)F. The van der Waals surface area contributed by atoms with Crippen molar-refractivity contribution in [3.8, 4) is 5.88 Å². The van der Waals surface area contributed by atoms with Gasteiger partial charge in [-0.2, -0.15) is 13.2 Å². The number of likely N-dealkylation sites (tertiary alicyclic amines) is 1. The maximum atomic E-state index is 12.2. The molecule has 2 aliphatic rings. The molecule has 0 aliphatic carbocycles. The number of nitrogens with zero attached hydrogens (tertiary/aromatic N) is 2. The molecule has 1 spiro atoms. The zero-order chi connectivity index (χ0) is 22.4. The first-order chi connectivity index (χ1) is 14.0. The number of aliphatic carboxylic acids is 1. The highest BCUT2D eigenvalue weighted by atomic mass is 19.4. The average molecular weight is 432 g/mol. The van der Waals surface area contributed by atoms with Gasteiger partial charge in [0.1, 0.15) is 11.7 Å². The van der Waals surface area contributed by atoms with Gasteiger partial charge >= 0.3 is 12.1 Å². The number of carboxylic acids is 1. The second-order valence-corrected chi connectivity index (χ2v) is 7.92. The summed E-state index contributed by atoms with van der Waals surface area (Å²) in [5.41, 5.74) is -0.203. The van der Waals surface area contributed by atoms with Crippen LogP contribution < -0.4 is 4.74 Å². The van der Waals surface area contributed by atoms with Gasteiger partial charge < -0.3 is 19.5 Å². The number of hydrogen-bond acceptors (Lipinski definition) is 5. The molecule has 2 aliphatic heterocycles. The summed E-state index contributed by atoms with van der Waals surface area (Å²) in [5.74, 6) is -1.27. The summed E-state index contributed by atoms with van der Waals surface area (Å²) in [4.78, 5) is 27.2. The van der Waals surface area contributed by atoms with Gasteiger partial charge in [-0.05, 0) is 18.4 Å². The van der Waals surface area contributed by atoms with Crippen molar-refractivity contribution in [1.29, 1.82) is 0 Å². The first-order valence-electron chi connectivity index (χ1n) is 9.80. The van der Waals surface area contributed by atoms with Crippen molar-refractivity contribution in [2.75, 3.05) is 19.7 Å². The van der Waals surface area contributed by atoms with Crippen LogP contribution in [0.2, 0.25) is 0 Å². The molecule has 0 radical (unpaired) electrons. The van der Waals surface area contributed by atoms with Crippen LogP contribution in [0.15, 0.2) is 24.4 Å². The largest absolute Gasteiger partial charge is 0.490 e. The number of hydrogen-bond donors (Lipinski definition) is 1. The number of amides is 1. The van der Waals surface area contributed by atoms with Crippen molar-refractivity contribution >= 4 is 11.9 Å². The standard InChI is InChI=1S/C18H26N2O3.C2HF3O2/c1-14(2)6-7-17(21)20-12-18(13-20)11-15(8-10-22-18)23-16-5-3-4-9-19-16;3-2(4,5)1(6)7/h3-5,9,14-15H,6-8,10-13H2,1-2H3;(H,6,7). The fraction of sp³-hybridized carbons (Fsp3) is 0.650. The Labute approximate surface area is 173 Å². The lowest BCUT2D eigenvalue weighted by molar-refractivity contribution is -0.193. The molecule has 1 atom stereocenters. The van der Waals surface area contributed by atoms with E-state index in [2.05, 4.69) is 18.8 Å². The van der Waals surface area contributed by atoms with E-state index in [1.54, 1.807) is 6.20 Å². The van der Waals surface area contributed by atoms with Crippen LogP contribution in [0.3, 0.4) is 0 Å². The van der Waals surface area contributed by atoms with Gasteiger partial charge in [-0.15, -0.1) is 0 Å². The van der Waals surface area contributed by atoms with Gasteiger partial charge in [0.25, 0.3) is 0 Å². The van der Waals surface area contributed by atoms with E-state index in [0.717, 1.165) is 19.3 Å². The van der Waals surface area contributed by atoms with Crippen molar-refractivity contribution in [1.82, 2.24) is 9.88 Å². The number of alkyl halides is 3. The van der Waals surface area contributed by atoms with E-state index in [4.69, 9.17) is 19.4 Å². The number of carboxylic acid groups (broad SMARTS) is 1. The number of carbonyl (C=O) groups is 2. The second-order valence-electron chi connectivity index (χ2n) is 7.92. The minimum absolute atomic E-state index is 0.117. The van der Waals surface area contributed by atoms with E-state index in [9.17, 15) is 18.0 Å². The molecule has 10 heteroatoms. The summed E-state index contributed by atoms with van der Waals surface area (Å²) >= 11 is 0. The Bertz CT molecular complexity index is 706. The van der Waals surface area contributed by atoms with Crippen LogP contribution in [0.4, 0.5) is 13.2 Å². The van der Waals surface area contributed by atoms with Gasteiger partial charge in [-0.25, -0.2) is 9.78 Å². The van der Waals surface area contributed by atoms with Crippen LogP contribution >= 0.6 is 0 Å². The first kappa shape index (κ1) is 23.9. The summed E-state index contributed by atoms with van der Waals surface area (Å²) in [6.07, 6.45) is 0.0718. The lowest BCUT2D eigenvalue weighted by atomic mass is 9.84. The van der Waals surface area contributed by atoms with Crippen molar-refractivity contribution in [2.24, 2.45) is 5.92 Å². The zero-order valence-corrected chi connectivity index (χ0v) is 17.0. The third-order valence-corrected chi connectivity index (χ3v) is 4.86. The fourth-order valence-electron chi connectivity index (χ4n) is 3.29. The number of halogens is 3. The number of aromatic nitrogens is 1. The number of rotatable bonds is 5. The van der Waals surface area contributed by atoms with Gasteiger partial charge in [0.2, 0.25) is 11.8 Å². The highest BCUT2D eigenvalue weighted by Gasteiger charge is 2.49. The van der Waals surface area contributed by atoms with Gasteiger partial charge in [0, 0.05) is 31.5 Å². The molecule has 7 nitrogen and oxygen atoms in total. The maximum absolute atomic E-state index is 12.2. The van der Waals surface area contributed by atoms with Crippen molar-refractivity contribution in [2.45, 2.75) is 57.4 Å². The lowest BCUT2D eigenvalue weighted by Crippen LogP contribution is -2.67. The molecule has 1 aromatic rings. The molecule has 1 aromatic heterocycles. The minimum atomic E-state index is -5.08. The number of pyridine rings is 1. The first-order valence-corrected chi connectivity index (χ1v) is 9.80. The Morgan fingerprint density at radius 3 is 2.57 bits per heavy atom. The molecule has 1 N–H and O–H groups in total. The Balaban J connectivity index is 0.000000396. The van der Waals surface area contributed by atoms with E-state index in [1.807, 2.05) is 23.1 Å². The molecule has 0 aromatic carbocycles. The third-order valence-electron chi connectivity index (χ3n) is 4.86. The van der Waals surface area contributed by atoms with Gasteiger partial charge in [0.05, 0.1) is 19.7 Å². The van der Waals surface area contributed by atoms with E-state index in [-0.39, 0.29) is 17.6 Å². The van der Waals surface area contributed by atoms with E-state index in [1.165, 1.54) is 0 Å². The highest BCUT2D eigenvalue weighted by Crippen LogP contribution is 2.36. The molecular formula is C20H27F3N2O5. The Hall–Kier alpha value is -2.36. The van der Waals surface area contributed by atoms with E-state index >= 15 is 0 Å². The highest BCUT2D eigenvalue weighted by molar-refractivity contribution is 5.77. The molecule has 2 fully saturated rings. The van der Waals surface area contributed by atoms with Crippen LogP contribution in [-0.2, 0) is 14.3 Å². The van der Waals surface area contributed by atoms with Crippen LogP contribution in [0.5, 0.6) is 5.88 Å². The van der Waals surface area contributed by atoms with Crippen LogP contribution in [-0.4, -0.2) is 64.4 Å². The molecule has 0 bridgehead atoms. The normalized spacial score (nSPS) is 20.2. The Morgan fingerprint density at radius 1 is 1.37 bits per heavy atom. The van der Waals surface area contributed by atoms with Gasteiger partial charge in [-0.3, -0.25) is 4.79 Å². The third kappa shape index (κ3) is 7.16. The summed E-state index contributed by atoms with van der Waals surface area (Å²) in [6.45, 7) is 6.38. The van der Waals surface area contributed by atoms with Crippen molar-refractivity contribution < 1.29 is 37.3 Å². The topological polar surface area (TPSA) is 89.0 Å². The van der Waals surface area contributed by atoms with Gasteiger partial charge in [-0.1, -0.05) is 19.9 Å². The molecule has 30 heavy (non-hydrogen) atoms. The van der Waals surface area contributed by atoms with Crippen LogP contribution in [0, 0.1) is 5.92 Å². The second kappa shape index (κ2) is 10.1. The Kier molecular flexibility index (Phi) is 8.05. The monoisotopic (exact) mass is 432 g/mol. The summed E-state index contributed by atoms with van der Waals surface area (Å²) in [7, 11) is 0. The van der Waals surface area contributed by atoms with Gasteiger partial charge in [0.15, 0.2) is 0 Å². The molecule has 1 unspecified atom stereocenters. The van der Waals surface area contributed by atoms with E-state index < -0.39 is 12.1 Å². The van der Waals surface area contributed by atoms with Crippen molar-refractivity contribution in [3.63, 3.8) is 0 Å². The molecule has 3 rings (SSSR count). The molecule has 1 amide bonds. The summed E-state index contributed by atoms with van der Waals surface area (Å²) in [6, 6.07) is 5.69. The smallest absolute Gasteiger partial charge is 0.475 e. The molecule has 0 saturated carbocycles. The average Bonchev–Trinajstić information content (AvgIpc) is 2.65. The number of ether oxygens (including phenoxy) is 2. The summed E-state index contributed by atoms with van der Waals surface area (Å²) in [5, 5.41) is 7.12. The molecule has 2 saturated heterocycles. The van der Waals surface area contributed by atoms with Crippen LogP contribution in [0.1, 0.15) is 39.5 Å². The Morgan fingerprint density at radius 2 is 2.03 bits per heavy atom. The predicted octanol–water partition coefficient (Wildman–Crippen LogP) is 3.29. The predicted molar refractivity (Wildman–Crippen MR) is 101 cm³/mol. The zero-order valence-electron chi connectivity index (χ0n) is 17.0. The summed E-state index contributed by atoms with van der Waals surface area (Å²) < 4.78 is 43.7. The molecule has 168 valence electrons. The lowest BCUT2D eigenvalue weighted by Gasteiger charge is -2.53. The molecular weight excluding hydrogens is 405 g/mol. The van der Waals surface area contributed by atoms with Crippen molar-refractivity contribution in [3.05, 3.63) is 24.4 Å². The van der Waals surface area contributed by atoms with Crippen LogP contribution in [0.25, 0.3) is 0 Å². The molecule has 3 heterocycles. The minimum Gasteiger partial charge on any atom is -0.475 e. The van der Waals surface area contributed by atoms with E-state index in [0.29, 0.717) is 37.9 Å².